The Hall–Kier alpha value is -2.53. The molecule has 3 aromatic rings. The summed E-state index contributed by atoms with van der Waals surface area (Å²) in [5, 5.41) is 8.29. The van der Waals surface area contributed by atoms with Crippen molar-refractivity contribution in [1.82, 2.24) is 29.6 Å². The number of nitrogens with zero attached hydrogens (tertiary/aromatic N) is 5. The van der Waals surface area contributed by atoms with Crippen molar-refractivity contribution in [3.8, 4) is 5.69 Å². The lowest BCUT2D eigenvalue weighted by Crippen LogP contribution is -2.34. The maximum atomic E-state index is 14.0. The number of pyridine rings is 1. The van der Waals surface area contributed by atoms with E-state index in [4.69, 9.17) is 4.98 Å². The Balaban J connectivity index is 1.20. The van der Waals surface area contributed by atoms with Gasteiger partial charge >= 0.3 is 0 Å². The predicted molar refractivity (Wildman–Crippen MR) is 118 cm³/mol. The van der Waals surface area contributed by atoms with E-state index in [0.29, 0.717) is 18.2 Å². The summed E-state index contributed by atoms with van der Waals surface area (Å²) in [6.45, 7) is 2.49. The minimum Gasteiger partial charge on any atom is -0.297 e. The van der Waals surface area contributed by atoms with Crippen LogP contribution in [0.3, 0.4) is 0 Å². The number of halogens is 1. The molecule has 0 spiro atoms. The lowest BCUT2D eigenvalue weighted by molar-refractivity contribution is 0.201. The molecule has 1 aromatic carbocycles. The first kappa shape index (κ1) is 21.3. The average molecular weight is 457 g/mol. The molecule has 5 rings (SSSR count). The van der Waals surface area contributed by atoms with Gasteiger partial charge in [-0.05, 0) is 63.0 Å². The van der Waals surface area contributed by atoms with E-state index in [9.17, 15) is 13.2 Å². The number of piperidine rings is 1. The van der Waals surface area contributed by atoms with Gasteiger partial charge < -0.3 is 0 Å². The van der Waals surface area contributed by atoms with Crippen LogP contribution in [0, 0.1) is 5.82 Å². The maximum Gasteiger partial charge on any atom is 0.232 e. The van der Waals surface area contributed by atoms with Crippen molar-refractivity contribution < 1.29 is 13.2 Å². The fourth-order valence-electron chi connectivity index (χ4n) is 4.39. The van der Waals surface area contributed by atoms with E-state index in [1.54, 1.807) is 24.4 Å². The van der Waals surface area contributed by atoms with Crippen molar-refractivity contribution in [2.45, 2.75) is 43.7 Å². The second-order valence-corrected chi connectivity index (χ2v) is 9.24. The number of para-hydroxylation sites is 1. The summed E-state index contributed by atoms with van der Waals surface area (Å²) in [7, 11) is 0. The van der Waals surface area contributed by atoms with E-state index in [2.05, 4.69) is 26.0 Å². The van der Waals surface area contributed by atoms with Crippen LogP contribution >= 0.6 is 0 Å². The van der Waals surface area contributed by atoms with Gasteiger partial charge in [-0.3, -0.25) is 14.4 Å². The number of hydrogen-bond acceptors (Lipinski definition) is 5. The van der Waals surface area contributed by atoms with Gasteiger partial charge in [0.1, 0.15) is 11.5 Å². The highest BCUT2D eigenvalue weighted by molar-refractivity contribution is 7.77. The van der Waals surface area contributed by atoms with Crippen molar-refractivity contribution in [3.05, 3.63) is 71.6 Å². The zero-order valence-corrected chi connectivity index (χ0v) is 18.3. The molecule has 2 fully saturated rings. The van der Waals surface area contributed by atoms with Crippen LogP contribution in [0.4, 0.5) is 4.39 Å². The molecule has 8 nitrogen and oxygen atoms in total. The van der Waals surface area contributed by atoms with Crippen LogP contribution in [-0.4, -0.2) is 46.7 Å². The molecule has 168 valence electrons. The Labute approximate surface area is 188 Å². The molecule has 1 saturated heterocycles. The van der Waals surface area contributed by atoms with E-state index in [-0.39, 0.29) is 5.82 Å². The molecule has 0 amide bonds. The summed E-state index contributed by atoms with van der Waals surface area (Å²) in [6, 6.07) is 12.5. The summed E-state index contributed by atoms with van der Waals surface area (Å²) in [6.07, 6.45) is 5.38. The Bertz CT molecular complexity index is 1130. The van der Waals surface area contributed by atoms with Crippen LogP contribution in [0.15, 0.2) is 48.7 Å². The van der Waals surface area contributed by atoms with Gasteiger partial charge in [0.25, 0.3) is 0 Å². The second-order valence-electron chi connectivity index (χ2n) is 8.54. The van der Waals surface area contributed by atoms with Crippen LogP contribution in [0.2, 0.25) is 0 Å². The number of aromatic nitrogens is 4. The average Bonchev–Trinajstić information content (AvgIpc) is 3.43. The molecule has 0 radical (unpaired) electrons. The summed E-state index contributed by atoms with van der Waals surface area (Å²) < 4.78 is 38.7. The van der Waals surface area contributed by atoms with Crippen molar-refractivity contribution in [3.63, 3.8) is 0 Å². The number of benzene rings is 1. The largest absolute Gasteiger partial charge is 0.297 e. The third-order valence-electron chi connectivity index (χ3n) is 6.33. The van der Waals surface area contributed by atoms with Crippen LogP contribution < -0.4 is 4.72 Å². The fraction of sp³-hybridized carbons (Fsp3) is 0.409. The quantitative estimate of drug-likeness (QED) is 0.531. The van der Waals surface area contributed by atoms with E-state index < -0.39 is 16.8 Å². The summed E-state index contributed by atoms with van der Waals surface area (Å²) in [4.78, 5) is 7.18. The lowest BCUT2D eigenvalue weighted by atomic mass is 9.92. The van der Waals surface area contributed by atoms with E-state index in [0.717, 1.165) is 55.9 Å². The molecule has 2 N–H and O–H groups in total. The van der Waals surface area contributed by atoms with Gasteiger partial charge in [0, 0.05) is 18.2 Å². The number of rotatable bonds is 7. The molecular formula is C22H25FN6O2S. The van der Waals surface area contributed by atoms with Gasteiger partial charge in [0.2, 0.25) is 11.3 Å². The standard InChI is InChI=1S/C22H25FN6O2S/c23-18-4-1-2-6-20(18)29-15-17(25-27-29)14-28-12-8-16(9-13-28)19-5-3-7-21(24-19)22(10-11-22)26-32(30)31/h1-7,15-16,26H,8-14H2,(H,30,31). The number of nitrogens with one attached hydrogen (secondary N) is 1. The molecule has 10 heteroatoms. The Morgan fingerprint density at radius 2 is 1.94 bits per heavy atom. The Kier molecular flexibility index (Phi) is 5.85. The highest BCUT2D eigenvalue weighted by atomic mass is 32.2. The van der Waals surface area contributed by atoms with Gasteiger partial charge in [-0.15, -0.1) is 5.10 Å². The van der Waals surface area contributed by atoms with Gasteiger partial charge in [0.05, 0.1) is 23.1 Å². The normalized spacial score (nSPS) is 19.7. The summed E-state index contributed by atoms with van der Waals surface area (Å²) in [5.41, 5.74) is 2.64. The van der Waals surface area contributed by atoms with Crippen LogP contribution in [0.25, 0.3) is 5.69 Å². The van der Waals surface area contributed by atoms with Crippen molar-refractivity contribution in [1.29, 1.82) is 0 Å². The van der Waals surface area contributed by atoms with Crippen molar-refractivity contribution >= 4 is 11.3 Å². The van der Waals surface area contributed by atoms with Gasteiger partial charge in [-0.2, -0.15) is 0 Å². The first-order valence-corrected chi connectivity index (χ1v) is 11.9. The molecule has 2 aromatic heterocycles. The van der Waals surface area contributed by atoms with Crippen molar-refractivity contribution in [2.24, 2.45) is 0 Å². The fourth-order valence-corrected chi connectivity index (χ4v) is 5.03. The molecule has 0 bridgehead atoms. The molecule has 1 atom stereocenters. The highest BCUT2D eigenvalue weighted by Crippen LogP contribution is 2.45. The summed E-state index contributed by atoms with van der Waals surface area (Å²) in [5.74, 6) is 0.0311. The molecule has 2 aliphatic rings. The molecular weight excluding hydrogens is 431 g/mol. The second kappa shape index (κ2) is 8.78. The molecule has 1 aliphatic heterocycles. The van der Waals surface area contributed by atoms with Crippen LogP contribution in [-0.2, 0) is 23.4 Å². The monoisotopic (exact) mass is 456 g/mol. The first-order valence-electron chi connectivity index (χ1n) is 10.8. The third kappa shape index (κ3) is 4.49. The minimum atomic E-state index is -2.05. The van der Waals surface area contributed by atoms with Crippen molar-refractivity contribution in [2.75, 3.05) is 13.1 Å². The number of likely N-dealkylation sites (tertiary alicyclic amines) is 1. The molecule has 32 heavy (non-hydrogen) atoms. The molecule has 1 aliphatic carbocycles. The Morgan fingerprint density at radius 1 is 1.16 bits per heavy atom. The SMILES string of the molecule is O=S(O)NC1(c2cccc(C3CCN(Cc4cn(-c5ccccc5F)nn4)CC3)n2)CC1. The highest BCUT2D eigenvalue weighted by Gasteiger charge is 2.47. The molecule has 1 unspecified atom stereocenters. The number of hydrogen-bond donors (Lipinski definition) is 2. The predicted octanol–water partition coefficient (Wildman–Crippen LogP) is 2.90. The van der Waals surface area contributed by atoms with E-state index in [1.165, 1.54) is 10.7 Å². The topological polar surface area (TPSA) is 96.2 Å². The third-order valence-corrected chi connectivity index (χ3v) is 6.89. The summed E-state index contributed by atoms with van der Waals surface area (Å²) >= 11 is -2.05. The smallest absolute Gasteiger partial charge is 0.232 e. The maximum absolute atomic E-state index is 14.0. The molecule has 3 heterocycles. The van der Waals surface area contributed by atoms with Crippen LogP contribution in [0.1, 0.15) is 48.7 Å². The lowest BCUT2D eigenvalue weighted by Gasteiger charge is -2.31. The Morgan fingerprint density at radius 3 is 2.66 bits per heavy atom. The van der Waals surface area contributed by atoms with E-state index >= 15 is 0 Å². The zero-order chi connectivity index (χ0) is 22.1. The van der Waals surface area contributed by atoms with Crippen LogP contribution in [0.5, 0.6) is 0 Å². The van der Waals surface area contributed by atoms with Gasteiger partial charge in [0.15, 0.2) is 0 Å². The van der Waals surface area contributed by atoms with Gasteiger partial charge in [-0.25, -0.2) is 18.0 Å². The minimum absolute atomic E-state index is 0.326. The van der Waals surface area contributed by atoms with E-state index in [1.807, 2.05) is 12.1 Å². The zero-order valence-electron chi connectivity index (χ0n) is 17.5. The molecule has 1 saturated carbocycles. The first-order chi connectivity index (χ1) is 15.5. The van der Waals surface area contributed by atoms with Gasteiger partial charge in [-0.1, -0.05) is 23.4 Å².